The van der Waals surface area contributed by atoms with Gasteiger partial charge in [-0.25, -0.2) is 9.59 Å². The average Bonchev–Trinajstić information content (AvgIpc) is 1.84. The second-order valence-electron chi connectivity index (χ2n) is 1.57. The van der Waals surface area contributed by atoms with Crippen molar-refractivity contribution in [3.8, 4) is 0 Å². The van der Waals surface area contributed by atoms with Crippen molar-refractivity contribution >= 4 is 36.4 Å². The minimum absolute atomic E-state index is 0. The molecule has 0 aromatic heterocycles. The standard InChI is InChI=1S/C4H6O6.H2O.Sb.3H/c5-1(3(7)8)2(6)4(9)10;;;;;/h1-2,5-6H,(H,7,8)(H,9,10);1H2;;;;. The van der Waals surface area contributed by atoms with Gasteiger partial charge in [0, 0.05) is 0 Å². The van der Waals surface area contributed by atoms with Gasteiger partial charge in [-0.15, -0.1) is 0 Å². The van der Waals surface area contributed by atoms with Crippen LogP contribution in [0.1, 0.15) is 0 Å². The van der Waals surface area contributed by atoms with Crippen molar-refractivity contribution in [3.05, 3.63) is 0 Å². The summed E-state index contributed by atoms with van der Waals surface area (Å²) in [5, 5.41) is 32.5. The second kappa shape index (κ2) is 7.30. The number of aliphatic carboxylic acids is 2. The number of hydrogen-bond acceptors (Lipinski definition) is 4. The van der Waals surface area contributed by atoms with Crippen LogP contribution < -0.4 is 0 Å². The molecule has 0 amide bonds. The van der Waals surface area contributed by atoms with Gasteiger partial charge in [-0.05, 0) is 0 Å². The van der Waals surface area contributed by atoms with Gasteiger partial charge in [-0.3, -0.25) is 0 Å². The predicted molar refractivity (Wildman–Crippen MR) is 40.8 cm³/mol. The van der Waals surface area contributed by atoms with Gasteiger partial charge in [0.1, 0.15) is 0 Å². The zero-order valence-corrected chi connectivity index (χ0v) is 10.0. The van der Waals surface area contributed by atoms with E-state index in [0.717, 1.165) is 0 Å². The molecule has 0 aliphatic heterocycles. The number of hydrogen-bond donors (Lipinski definition) is 4. The van der Waals surface area contributed by atoms with E-state index >= 15 is 0 Å². The average molecular weight is 293 g/mol. The van der Waals surface area contributed by atoms with Crippen molar-refractivity contribution in [2.45, 2.75) is 12.2 Å². The van der Waals surface area contributed by atoms with Crippen molar-refractivity contribution in [2.75, 3.05) is 0 Å². The molecule has 0 spiro atoms. The van der Waals surface area contributed by atoms with Crippen molar-refractivity contribution in [2.24, 2.45) is 0 Å². The SMILES string of the molecule is O.O=C(O)C(O)C(O)C(=O)O.[SbH3]. The fourth-order valence-electron chi connectivity index (χ4n) is 0.270. The van der Waals surface area contributed by atoms with E-state index in [1.54, 1.807) is 0 Å². The molecule has 7 nitrogen and oxygen atoms in total. The van der Waals surface area contributed by atoms with Gasteiger partial charge in [0.25, 0.3) is 0 Å². The molecule has 0 saturated carbocycles. The van der Waals surface area contributed by atoms with Gasteiger partial charge < -0.3 is 25.9 Å². The Morgan fingerprint density at radius 3 is 1.17 bits per heavy atom. The molecule has 0 aromatic carbocycles. The monoisotopic (exact) mass is 292 g/mol. The Kier molecular flexibility index (Phi) is 10.7. The molecule has 0 fully saturated rings. The van der Waals surface area contributed by atoms with Gasteiger partial charge in [-0.2, -0.15) is 0 Å². The van der Waals surface area contributed by atoms with E-state index < -0.39 is 24.1 Å². The summed E-state index contributed by atoms with van der Waals surface area (Å²) in [7, 11) is 0. The summed E-state index contributed by atoms with van der Waals surface area (Å²) in [5.74, 6) is -3.54. The summed E-state index contributed by atoms with van der Waals surface area (Å²) in [6.07, 6.45) is -4.53. The maximum atomic E-state index is 9.77. The number of aliphatic hydroxyl groups is 2. The molecule has 0 aliphatic carbocycles. The zero-order valence-electron chi connectivity index (χ0n) is 5.97. The van der Waals surface area contributed by atoms with Gasteiger partial charge in [0.2, 0.25) is 0 Å². The molecule has 2 atom stereocenters. The summed E-state index contributed by atoms with van der Waals surface area (Å²) >= 11 is 0. The molecular weight excluding hydrogens is 282 g/mol. The topological polar surface area (TPSA) is 147 Å². The van der Waals surface area contributed by atoms with Crippen LogP contribution in [0.15, 0.2) is 0 Å². The van der Waals surface area contributed by atoms with E-state index in [1.165, 1.54) is 0 Å². The van der Waals surface area contributed by atoms with Gasteiger partial charge in [0.05, 0.1) is 0 Å². The molecule has 0 rings (SSSR count). The van der Waals surface area contributed by atoms with Gasteiger partial charge >= 0.3 is 36.4 Å². The van der Waals surface area contributed by atoms with Crippen molar-refractivity contribution in [1.29, 1.82) is 0 Å². The van der Waals surface area contributed by atoms with E-state index in [0.29, 0.717) is 0 Å². The Morgan fingerprint density at radius 2 is 1.08 bits per heavy atom. The van der Waals surface area contributed by atoms with Crippen LogP contribution in [-0.2, 0) is 9.59 Å². The summed E-state index contributed by atoms with van der Waals surface area (Å²) < 4.78 is 0. The number of carboxylic acids is 2. The van der Waals surface area contributed by atoms with E-state index in [4.69, 9.17) is 20.4 Å². The molecule has 0 radical (unpaired) electrons. The van der Waals surface area contributed by atoms with E-state index in [9.17, 15) is 9.59 Å². The molecule has 74 valence electrons. The second-order valence-corrected chi connectivity index (χ2v) is 1.57. The Balaban J connectivity index is -0.000000405. The van der Waals surface area contributed by atoms with Crippen LogP contribution in [0, 0.1) is 0 Å². The van der Waals surface area contributed by atoms with Crippen LogP contribution in [0.25, 0.3) is 0 Å². The van der Waals surface area contributed by atoms with Crippen LogP contribution in [0.2, 0.25) is 0 Å². The molecule has 0 saturated heterocycles. The van der Waals surface area contributed by atoms with E-state index in [1.807, 2.05) is 0 Å². The van der Waals surface area contributed by atoms with Crippen LogP contribution in [0.4, 0.5) is 0 Å². The van der Waals surface area contributed by atoms with E-state index in [2.05, 4.69) is 0 Å². The Bertz CT molecular complexity index is 139. The fraction of sp³-hybridized carbons (Fsp3) is 0.500. The van der Waals surface area contributed by atoms with Crippen molar-refractivity contribution in [3.63, 3.8) is 0 Å². The summed E-state index contributed by atoms with van der Waals surface area (Å²) in [6, 6.07) is 0. The number of carbonyl (C=O) groups is 2. The summed E-state index contributed by atoms with van der Waals surface area (Å²) in [4.78, 5) is 19.5. The van der Waals surface area contributed by atoms with Gasteiger partial charge in [-0.1, -0.05) is 0 Å². The summed E-state index contributed by atoms with van der Waals surface area (Å²) in [6.45, 7) is 0. The Morgan fingerprint density at radius 1 is 0.917 bits per heavy atom. The molecule has 12 heavy (non-hydrogen) atoms. The molecule has 0 aliphatic rings. The summed E-state index contributed by atoms with van der Waals surface area (Å²) in [5.41, 5.74) is 0. The fourth-order valence-corrected chi connectivity index (χ4v) is 0.270. The van der Waals surface area contributed by atoms with Crippen LogP contribution in [0.3, 0.4) is 0 Å². The third-order valence-corrected chi connectivity index (χ3v) is 0.805. The molecule has 2 unspecified atom stereocenters. The first-order chi connectivity index (χ1) is 4.46. The first-order valence-corrected chi connectivity index (χ1v) is 2.28. The first-order valence-electron chi connectivity index (χ1n) is 2.28. The Hall–Kier alpha value is -0.362. The van der Waals surface area contributed by atoms with Crippen molar-refractivity contribution < 1.29 is 35.5 Å². The molecule has 0 aromatic rings. The molecule has 6 N–H and O–H groups in total. The number of rotatable bonds is 3. The predicted octanol–water partition coefficient (Wildman–Crippen LogP) is -4.13. The number of carboxylic acid groups (broad SMARTS) is 2. The molecule has 0 bridgehead atoms. The normalized spacial score (nSPS) is 13.2. The number of aliphatic hydroxyl groups excluding tert-OH is 2. The van der Waals surface area contributed by atoms with Crippen molar-refractivity contribution in [1.82, 2.24) is 0 Å². The third kappa shape index (κ3) is 5.31. The molecule has 8 heteroatoms. The van der Waals surface area contributed by atoms with E-state index in [-0.39, 0.29) is 29.9 Å². The maximum absolute atomic E-state index is 9.77. The zero-order chi connectivity index (χ0) is 8.31. The molecule has 0 heterocycles. The quantitative estimate of drug-likeness (QED) is 0.389. The van der Waals surface area contributed by atoms with Crippen LogP contribution in [0.5, 0.6) is 0 Å². The third-order valence-electron chi connectivity index (χ3n) is 0.805. The minimum atomic E-state index is -2.27. The van der Waals surface area contributed by atoms with Gasteiger partial charge in [0.15, 0.2) is 12.2 Å². The Labute approximate surface area is 84.4 Å². The van der Waals surface area contributed by atoms with Crippen LogP contribution in [-0.4, -0.2) is 74.5 Å². The van der Waals surface area contributed by atoms with Crippen LogP contribution >= 0.6 is 0 Å². The first kappa shape index (κ1) is 17.7. The molecular formula is C4H11O7Sb.